The maximum Gasteiger partial charge on any atom is 0.391 e. The van der Waals surface area contributed by atoms with Crippen LogP contribution in [0.25, 0.3) is 0 Å². The van der Waals surface area contributed by atoms with Crippen LogP contribution < -0.4 is 0 Å². The van der Waals surface area contributed by atoms with Gasteiger partial charge in [0.05, 0.1) is 25.8 Å². The van der Waals surface area contributed by atoms with E-state index in [9.17, 15) is 17.6 Å². The predicted molar refractivity (Wildman–Crippen MR) is 75.3 cm³/mol. The van der Waals surface area contributed by atoms with Crippen molar-refractivity contribution < 1.29 is 22.3 Å². The van der Waals surface area contributed by atoms with Gasteiger partial charge in [0.2, 0.25) is 0 Å². The Morgan fingerprint density at radius 3 is 1.84 bits per heavy atom. The number of unbranched alkanes of at least 4 members (excludes halogenated alkanes) is 1. The molecule has 0 N–H and O–H groups in total. The molecule has 5 heteroatoms. The molecule has 1 unspecified atom stereocenters. The van der Waals surface area contributed by atoms with Gasteiger partial charge >= 0.3 is 6.18 Å². The zero-order valence-electron chi connectivity index (χ0n) is 10.9. The number of ether oxygens (including phenoxy) is 1. The summed E-state index contributed by atoms with van der Waals surface area (Å²) < 4.78 is 50.8. The first-order valence-electron chi connectivity index (χ1n) is 6.11. The van der Waals surface area contributed by atoms with Gasteiger partial charge in [-0.25, -0.2) is 0 Å². The highest BCUT2D eigenvalue weighted by Gasteiger charge is 2.26. The topological polar surface area (TPSA) is 9.23 Å². The number of alkyl halides is 4. The molecule has 0 aliphatic heterocycles. The standard InChI is InChI=1S/C9H17F3O.C3H7F.2CH4/c1-3-4-5-8(2)13-7-6-9(10,11)12;1-2-3-4;;/h8H,3-7H2,1-2H3;2-3H2,1H3;2*1H4. The SMILES string of the molecule is C.C.CCCCC(C)OCCC(F)(F)F.CCCF. The first-order chi connectivity index (χ1) is 7.87. The van der Waals surface area contributed by atoms with Gasteiger partial charge in [0.25, 0.3) is 0 Å². The molecule has 19 heavy (non-hydrogen) atoms. The summed E-state index contributed by atoms with van der Waals surface area (Å²) in [4.78, 5) is 0. The molecule has 0 saturated carbocycles. The average molecular weight is 292 g/mol. The van der Waals surface area contributed by atoms with Gasteiger partial charge in [-0.2, -0.15) is 13.2 Å². The summed E-state index contributed by atoms with van der Waals surface area (Å²) in [5.41, 5.74) is 0. The van der Waals surface area contributed by atoms with Gasteiger partial charge in [0.1, 0.15) is 0 Å². The van der Waals surface area contributed by atoms with E-state index in [0.717, 1.165) is 19.3 Å². The molecule has 0 fully saturated rings. The van der Waals surface area contributed by atoms with Crippen LogP contribution in [0.15, 0.2) is 0 Å². The molecule has 0 aromatic carbocycles. The molecule has 0 heterocycles. The van der Waals surface area contributed by atoms with Crippen molar-refractivity contribution in [2.75, 3.05) is 13.3 Å². The molecule has 0 spiro atoms. The second-order valence-electron chi connectivity index (χ2n) is 3.88. The minimum atomic E-state index is -4.09. The summed E-state index contributed by atoms with van der Waals surface area (Å²) in [7, 11) is 0. The lowest BCUT2D eigenvalue weighted by molar-refractivity contribution is -0.148. The van der Waals surface area contributed by atoms with Gasteiger partial charge in [-0.05, 0) is 19.8 Å². The smallest absolute Gasteiger partial charge is 0.378 e. The van der Waals surface area contributed by atoms with Gasteiger partial charge < -0.3 is 4.74 Å². The fourth-order valence-corrected chi connectivity index (χ4v) is 0.951. The molecule has 0 aliphatic rings. The molecule has 0 rings (SSSR count). The van der Waals surface area contributed by atoms with Gasteiger partial charge in [-0.15, -0.1) is 0 Å². The lowest BCUT2D eigenvalue weighted by atomic mass is 10.2. The molecule has 1 atom stereocenters. The van der Waals surface area contributed by atoms with Crippen LogP contribution in [0.3, 0.4) is 0 Å². The highest BCUT2D eigenvalue weighted by molar-refractivity contribution is 4.53. The van der Waals surface area contributed by atoms with E-state index >= 15 is 0 Å². The fraction of sp³-hybridized carbons (Fsp3) is 1.00. The molecule has 122 valence electrons. The van der Waals surface area contributed by atoms with Crippen LogP contribution in [0.1, 0.15) is 67.7 Å². The van der Waals surface area contributed by atoms with E-state index in [4.69, 9.17) is 4.74 Å². The van der Waals surface area contributed by atoms with E-state index in [1.807, 2.05) is 13.8 Å². The van der Waals surface area contributed by atoms with Crippen LogP contribution in [0.2, 0.25) is 0 Å². The summed E-state index contributed by atoms with van der Waals surface area (Å²) in [6, 6.07) is 0. The van der Waals surface area contributed by atoms with Crippen LogP contribution in [0.4, 0.5) is 17.6 Å². The molecule has 0 saturated heterocycles. The van der Waals surface area contributed by atoms with E-state index < -0.39 is 12.6 Å². The van der Waals surface area contributed by atoms with E-state index in [-0.39, 0.29) is 34.2 Å². The number of rotatable bonds is 7. The zero-order valence-corrected chi connectivity index (χ0v) is 10.9. The number of hydrogen-bond acceptors (Lipinski definition) is 1. The minimum absolute atomic E-state index is 0. The van der Waals surface area contributed by atoms with Gasteiger partial charge in [0, 0.05) is 0 Å². The summed E-state index contributed by atoms with van der Waals surface area (Å²) in [6.07, 6.45) is -1.44. The molecule has 0 aromatic rings. The van der Waals surface area contributed by atoms with Crippen LogP contribution in [0, 0.1) is 0 Å². The van der Waals surface area contributed by atoms with Crippen molar-refractivity contribution in [3.63, 3.8) is 0 Å². The van der Waals surface area contributed by atoms with Crippen molar-refractivity contribution in [3.05, 3.63) is 0 Å². The highest BCUT2D eigenvalue weighted by Crippen LogP contribution is 2.19. The lowest BCUT2D eigenvalue weighted by Crippen LogP contribution is -2.15. The van der Waals surface area contributed by atoms with Crippen LogP contribution in [-0.4, -0.2) is 25.6 Å². The summed E-state index contributed by atoms with van der Waals surface area (Å²) in [5.74, 6) is 0. The second kappa shape index (κ2) is 17.7. The second-order valence-corrected chi connectivity index (χ2v) is 3.88. The Morgan fingerprint density at radius 2 is 1.53 bits per heavy atom. The van der Waals surface area contributed by atoms with Crippen molar-refractivity contribution in [1.82, 2.24) is 0 Å². The van der Waals surface area contributed by atoms with Crippen molar-refractivity contribution in [3.8, 4) is 0 Å². The maximum atomic E-state index is 11.7. The van der Waals surface area contributed by atoms with Gasteiger partial charge in [-0.1, -0.05) is 41.5 Å². The Balaban J connectivity index is -0.000000165. The molecule has 0 amide bonds. The van der Waals surface area contributed by atoms with Crippen molar-refractivity contribution in [1.29, 1.82) is 0 Å². The largest absolute Gasteiger partial charge is 0.391 e. The van der Waals surface area contributed by atoms with Crippen molar-refractivity contribution in [2.24, 2.45) is 0 Å². The third-order valence-corrected chi connectivity index (χ3v) is 1.94. The molecule has 0 bridgehead atoms. The van der Waals surface area contributed by atoms with Crippen molar-refractivity contribution >= 4 is 0 Å². The minimum Gasteiger partial charge on any atom is -0.378 e. The third-order valence-electron chi connectivity index (χ3n) is 1.94. The summed E-state index contributed by atoms with van der Waals surface area (Å²) in [6.45, 7) is 5.27. The fourth-order valence-electron chi connectivity index (χ4n) is 0.951. The normalized spacial score (nSPS) is 11.5. The van der Waals surface area contributed by atoms with E-state index in [1.165, 1.54) is 0 Å². The van der Waals surface area contributed by atoms with E-state index in [2.05, 4.69) is 0 Å². The predicted octanol–water partition coefficient (Wildman–Crippen LogP) is 6.17. The van der Waals surface area contributed by atoms with Crippen molar-refractivity contribution in [2.45, 2.75) is 80.0 Å². The third kappa shape index (κ3) is 31.9. The molecular formula is C14H32F4O. The lowest BCUT2D eigenvalue weighted by Gasteiger charge is -2.13. The summed E-state index contributed by atoms with van der Waals surface area (Å²) >= 11 is 0. The highest BCUT2D eigenvalue weighted by atomic mass is 19.4. The Hall–Kier alpha value is -0.320. The molecule has 1 nitrogen and oxygen atoms in total. The van der Waals surface area contributed by atoms with Crippen LogP contribution >= 0.6 is 0 Å². The number of hydrogen-bond donors (Lipinski definition) is 0. The van der Waals surface area contributed by atoms with Gasteiger partial charge in [0.15, 0.2) is 0 Å². The Morgan fingerprint density at radius 1 is 1.05 bits per heavy atom. The van der Waals surface area contributed by atoms with E-state index in [0.29, 0.717) is 6.42 Å². The number of halogens is 4. The summed E-state index contributed by atoms with van der Waals surface area (Å²) in [5, 5.41) is 0. The maximum absolute atomic E-state index is 11.7. The average Bonchev–Trinajstić information content (AvgIpc) is 2.25. The quantitative estimate of drug-likeness (QED) is 0.510. The monoisotopic (exact) mass is 292 g/mol. The zero-order chi connectivity index (χ0) is 13.7. The van der Waals surface area contributed by atoms with Crippen LogP contribution in [-0.2, 0) is 4.74 Å². The van der Waals surface area contributed by atoms with Gasteiger partial charge in [-0.3, -0.25) is 4.39 Å². The first-order valence-corrected chi connectivity index (χ1v) is 6.11. The van der Waals surface area contributed by atoms with E-state index in [1.54, 1.807) is 6.92 Å². The molecular weight excluding hydrogens is 260 g/mol. The molecule has 0 aliphatic carbocycles. The Bertz CT molecular complexity index is 147. The first kappa shape index (κ1) is 27.1. The van der Waals surface area contributed by atoms with Crippen LogP contribution in [0.5, 0.6) is 0 Å². The Labute approximate surface area is 116 Å². The Kier molecular flexibility index (Phi) is 25.2. The molecule has 0 aromatic heterocycles. The molecule has 0 radical (unpaired) electrons.